The van der Waals surface area contributed by atoms with Crippen LogP contribution in [0.4, 0.5) is 0 Å². The lowest BCUT2D eigenvalue weighted by molar-refractivity contribution is 0.0161. The Hall–Kier alpha value is -0.0800. The molecule has 0 aromatic heterocycles. The molecule has 1 rings (SSSR count). The van der Waals surface area contributed by atoms with Gasteiger partial charge in [-0.25, -0.2) is 0 Å². The first-order chi connectivity index (χ1) is 10.9. The van der Waals surface area contributed by atoms with Crippen LogP contribution >= 0.6 is 0 Å². The van der Waals surface area contributed by atoms with Gasteiger partial charge in [-0.2, -0.15) is 0 Å². The number of hydrogen-bond donors (Lipinski definition) is 0. The second-order valence-corrected chi connectivity index (χ2v) is 6.95. The van der Waals surface area contributed by atoms with Crippen molar-refractivity contribution in [2.24, 2.45) is 0 Å². The molecule has 1 saturated heterocycles. The lowest BCUT2D eigenvalue weighted by Gasteiger charge is -2.09. The van der Waals surface area contributed by atoms with Crippen molar-refractivity contribution in [1.29, 1.82) is 0 Å². The van der Waals surface area contributed by atoms with Gasteiger partial charge in [0.2, 0.25) is 0 Å². The van der Waals surface area contributed by atoms with Gasteiger partial charge in [0.25, 0.3) is 0 Å². The number of rotatable bonds is 16. The highest BCUT2D eigenvalue weighted by Gasteiger charge is 2.14. The van der Waals surface area contributed by atoms with E-state index in [0.717, 1.165) is 19.8 Å². The van der Waals surface area contributed by atoms with E-state index in [-0.39, 0.29) is 0 Å². The molecule has 1 aliphatic rings. The number of ether oxygens (including phenoxy) is 2. The van der Waals surface area contributed by atoms with Gasteiger partial charge in [-0.15, -0.1) is 0 Å². The maximum atomic E-state index is 5.69. The smallest absolute Gasteiger partial charge is 0.0809 e. The molecule has 1 aliphatic heterocycles. The largest absolute Gasteiger partial charge is 0.379 e. The van der Waals surface area contributed by atoms with E-state index >= 15 is 0 Å². The van der Waals surface area contributed by atoms with Crippen molar-refractivity contribution in [2.75, 3.05) is 19.8 Å². The summed E-state index contributed by atoms with van der Waals surface area (Å²) in [4.78, 5) is 0. The van der Waals surface area contributed by atoms with Gasteiger partial charge in [0.1, 0.15) is 0 Å². The van der Waals surface area contributed by atoms with Crippen LogP contribution < -0.4 is 0 Å². The molecule has 1 unspecified atom stereocenters. The predicted molar refractivity (Wildman–Crippen MR) is 95.5 cm³/mol. The zero-order chi connectivity index (χ0) is 15.7. The Bertz CT molecular complexity index is 212. The molecule has 2 heteroatoms. The summed E-state index contributed by atoms with van der Waals surface area (Å²) in [6.45, 7) is 4.97. The van der Waals surface area contributed by atoms with E-state index < -0.39 is 0 Å². The van der Waals surface area contributed by atoms with Crippen LogP contribution in [0.1, 0.15) is 103 Å². The Kier molecular flexibility index (Phi) is 14.3. The summed E-state index contributed by atoms with van der Waals surface area (Å²) in [5, 5.41) is 0. The van der Waals surface area contributed by atoms with Gasteiger partial charge >= 0.3 is 0 Å². The summed E-state index contributed by atoms with van der Waals surface area (Å²) in [6.07, 6.45) is 21.1. The first kappa shape index (κ1) is 20.0. The lowest BCUT2D eigenvalue weighted by atomic mass is 10.0. The lowest BCUT2D eigenvalue weighted by Crippen LogP contribution is -2.14. The fraction of sp³-hybridized carbons (Fsp3) is 1.00. The molecule has 0 bridgehead atoms. The molecule has 0 aromatic carbocycles. The van der Waals surface area contributed by atoms with Crippen molar-refractivity contribution in [3.8, 4) is 0 Å². The monoisotopic (exact) mass is 312 g/mol. The molecule has 2 nitrogen and oxygen atoms in total. The maximum absolute atomic E-state index is 5.69. The molecule has 0 spiro atoms. The van der Waals surface area contributed by atoms with E-state index in [2.05, 4.69) is 6.92 Å². The molecule has 0 amide bonds. The van der Waals surface area contributed by atoms with Crippen LogP contribution in [0, 0.1) is 0 Å². The Morgan fingerprint density at radius 3 is 1.82 bits per heavy atom. The van der Waals surface area contributed by atoms with Crippen LogP contribution in [0.2, 0.25) is 0 Å². The van der Waals surface area contributed by atoms with Gasteiger partial charge in [0, 0.05) is 13.2 Å². The molecule has 1 heterocycles. The van der Waals surface area contributed by atoms with Crippen LogP contribution in [-0.2, 0) is 9.47 Å². The highest BCUT2D eigenvalue weighted by atomic mass is 16.5. The normalized spacial score (nSPS) is 18.1. The first-order valence-corrected chi connectivity index (χ1v) is 10.1. The van der Waals surface area contributed by atoms with Crippen molar-refractivity contribution in [2.45, 2.75) is 109 Å². The minimum atomic E-state index is 0.391. The highest BCUT2D eigenvalue weighted by molar-refractivity contribution is 4.63. The van der Waals surface area contributed by atoms with Gasteiger partial charge in [0.05, 0.1) is 12.7 Å². The number of hydrogen-bond acceptors (Lipinski definition) is 2. The molecule has 0 N–H and O–H groups in total. The Labute approximate surface area is 139 Å². The van der Waals surface area contributed by atoms with Crippen LogP contribution in [0.3, 0.4) is 0 Å². The molecule has 22 heavy (non-hydrogen) atoms. The molecule has 0 radical (unpaired) electrons. The zero-order valence-corrected chi connectivity index (χ0v) is 15.1. The van der Waals surface area contributed by atoms with Crippen LogP contribution in [0.25, 0.3) is 0 Å². The van der Waals surface area contributed by atoms with Crippen molar-refractivity contribution in [1.82, 2.24) is 0 Å². The van der Waals surface area contributed by atoms with Gasteiger partial charge in [-0.1, -0.05) is 84.0 Å². The molecular formula is C20H40O2. The Morgan fingerprint density at radius 2 is 1.32 bits per heavy atom. The fourth-order valence-electron chi connectivity index (χ4n) is 3.21. The third-order valence-electron chi connectivity index (χ3n) is 4.72. The zero-order valence-electron chi connectivity index (χ0n) is 15.1. The van der Waals surface area contributed by atoms with E-state index in [4.69, 9.17) is 9.47 Å². The van der Waals surface area contributed by atoms with E-state index in [1.54, 1.807) is 0 Å². The minimum Gasteiger partial charge on any atom is -0.379 e. The Balaban J connectivity index is 1.64. The van der Waals surface area contributed by atoms with Crippen molar-refractivity contribution >= 4 is 0 Å². The molecular weight excluding hydrogens is 272 g/mol. The van der Waals surface area contributed by atoms with Gasteiger partial charge in [-0.3, -0.25) is 0 Å². The molecule has 0 aromatic rings. The Morgan fingerprint density at radius 1 is 0.773 bits per heavy atom. The minimum absolute atomic E-state index is 0.391. The second kappa shape index (κ2) is 15.8. The van der Waals surface area contributed by atoms with Crippen molar-refractivity contribution in [3.05, 3.63) is 0 Å². The summed E-state index contributed by atoms with van der Waals surface area (Å²) < 4.78 is 11.2. The van der Waals surface area contributed by atoms with Crippen LogP contribution in [0.5, 0.6) is 0 Å². The summed E-state index contributed by atoms with van der Waals surface area (Å²) in [7, 11) is 0. The maximum Gasteiger partial charge on any atom is 0.0809 e. The molecule has 132 valence electrons. The molecule has 1 fully saturated rings. The molecule has 1 atom stereocenters. The summed E-state index contributed by atoms with van der Waals surface area (Å²) in [5.41, 5.74) is 0. The van der Waals surface area contributed by atoms with E-state index in [0.29, 0.717) is 6.10 Å². The fourth-order valence-corrected chi connectivity index (χ4v) is 3.21. The molecule has 0 aliphatic carbocycles. The van der Waals surface area contributed by atoms with Gasteiger partial charge in [0.15, 0.2) is 0 Å². The van der Waals surface area contributed by atoms with Crippen molar-refractivity contribution in [3.63, 3.8) is 0 Å². The summed E-state index contributed by atoms with van der Waals surface area (Å²) in [6, 6.07) is 0. The highest BCUT2D eigenvalue weighted by Crippen LogP contribution is 2.13. The van der Waals surface area contributed by atoms with E-state index in [9.17, 15) is 0 Å². The first-order valence-electron chi connectivity index (χ1n) is 10.1. The third kappa shape index (κ3) is 12.5. The average Bonchev–Trinajstić information content (AvgIpc) is 3.04. The SMILES string of the molecule is CCCCCCCCCCCCCCCOCC1CCCO1. The topological polar surface area (TPSA) is 18.5 Å². The van der Waals surface area contributed by atoms with Gasteiger partial charge < -0.3 is 9.47 Å². The number of unbranched alkanes of at least 4 members (excludes halogenated alkanes) is 12. The van der Waals surface area contributed by atoms with Gasteiger partial charge in [-0.05, 0) is 19.3 Å². The summed E-state index contributed by atoms with van der Waals surface area (Å²) >= 11 is 0. The van der Waals surface area contributed by atoms with Crippen LogP contribution in [0.15, 0.2) is 0 Å². The van der Waals surface area contributed by atoms with E-state index in [1.165, 1.54) is 96.3 Å². The van der Waals surface area contributed by atoms with E-state index in [1.807, 2.05) is 0 Å². The quantitative estimate of drug-likeness (QED) is 0.312. The summed E-state index contributed by atoms with van der Waals surface area (Å²) in [5.74, 6) is 0. The second-order valence-electron chi connectivity index (χ2n) is 6.95. The third-order valence-corrected chi connectivity index (χ3v) is 4.72. The molecule has 0 saturated carbocycles. The predicted octanol–water partition coefficient (Wildman–Crippen LogP) is 6.27. The van der Waals surface area contributed by atoms with Crippen LogP contribution in [-0.4, -0.2) is 25.9 Å². The average molecular weight is 313 g/mol. The van der Waals surface area contributed by atoms with Crippen molar-refractivity contribution < 1.29 is 9.47 Å². The standard InChI is InChI=1S/C20H40O2/c1-2-3-4-5-6-7-8-9-10-11-12-13-14-17-21-19-20-16-15-18-22-20/h20H,2-19H2,1H3.